The molecule has 0 nitrogen and oxygen atoms in total. The lowest BCUT2D eigenvalue weighted by Crippen LogP contribution is -2.52. The summed E-state index contributed by atoms with van der Waals surface area (Å²) in [6, 6.07) is 0. The third-order valence-electron chi connectivity index (χ3n) is 9.44. The van der Waals surface area contributed by atoms with Crippen LogP contribution in [0.2, 0.25) is 0 Å². The van der Waals surface area contributed by atoms with Gasteiger partial charge in [0.1, 0.15) is 0 Å². The van der Waals surface area contributed by atoms with E-state index in [1.54, 1.807) is 12.8 Å². The standard InChI is InChI=1S/C24H38P2S/c1-19(2,3)23-22-16-12-8-11-15-21(22)17-13-9-7-10-14-18(17)25(23)24(21,20(4,5)6)27-26(22)23/h7-16H2,1-6H3. The second-order valence-electron chi connectivity index (χ2n) is 12.3. The van der Waals surface area contributed by atoms with Gasteiger partial charge < -0.3 is 0 Å². The van der Waals surface area contributed by atoms with Crippen molar-refractivity contribution in [2.24, 2.45) is 16.2 Å². The summed E-state index contributed by atoms with van der Waals surface area (Å²) in [6.45, 7) is 15.9. The van der Waals surface area contributed by atoms with Gasteiger partial charge in [0.2, 0.25) is 0 Å². The van der Waals surface area contributed by atoms with E-state index in [4.69, 9.17) is 0 Å². The molecule has 7 aliphatic rings. The topological polar surface area (TPSA) is 0 Å². The second kappa shape index (κ2) is 5.05. The van der Waals surface area contributed by atoms with Crippen LogP contribution in [0.15, 0.2) is 10.9 Å². The van der Waals surface area contributed by atoms with Gasteiger partial charge in [0, 0.05) is 15.5 Å². The Labute approximate surface area is 173 Å². The van der Waals surface area contributed by atoms with Crippen molar-refractivity contribution in [2.75, 3.05) is 0 Å². The summed E-state index contributed by atoms with van der Waals surface area (Å²) < 4.78 is 0.598. The van der Waals surface area contributed by atoms with Crippen LogP contribution in [0, 0.1) is 16.2 Å². The van der Waals surface area contributed by atoms with Gasteiger partial charge in [0.25, 0.3) is 0 Å². The van der Waals surface area contributed by atoms with Crippen LogP contribution in [0.4, 0.5) is 0 Å². The summed E-state index contributed by atoms with van der Waals surface area (Å²) >= 11 is 2.65. The van der Waals surface area contributed by atoms with Gasteiger partial charge in [-0.15, -0.1) is 11.4 Å². The van der Waals surface area contributed by atoms with Gasteiger partial charge in [0.15, 0.2) is 0 Å². The largest absolute Gasteiger partial charge is 0.119 e. The zero-order chi connectivity index (χ0) is 19.1. The first-order valence-electron chi connectivity index (χ1n) is 11.7. The van der Waals surface area contributed by atoms with Crippen LogP contribution in [-0.2, 0) is 0 Å². The SMILES string of the molecule is CC(C)(C)C12SP3C45CCCCCC41C1=C(CCCCC1)P2C35C(C)(C)C. The quantitative estimate of drug-likeness (QED) is 0.352. The molecule has 0 amide bonds. The van der Waals surface area contributed by atoms with Crippen LogP contribution in [0.25, 0.3) is 0 Å². The van der Waals surface area contributed by atoms with E-state index >= 15 is 0 Å². The summed E-state index contributed by atoms with van der Waals surface area (Å²) in [7, 11) is 0.195. The number of hydrogen-bond donors (Lipinski definition) is 0. The summed E-state index contributed by atoms with van der Waals surface area (Å²) in [5.41, 5.74) is 3.68. The van der Waals surface area contributed by atoms with Crippen LogP contribution in [0.3, 0.4) is 0 Å². The molecular weight excluding hydrogens is 382 g/mol. The Morgan fingerprint density at radius 1 is 0.778 bits per heavy atom. The summed E-state index contributed by atoms with van der Waals surface area (Å²) in [6.07, 6.45) is 15.2. The molecule has 0 aromatic heterocycles. The molecular formula is C24H38P2S. The Kier molecular flexibility index (Phi) is 3.50. The highest BCUT2D eigenvalue weighted by molar-refractivity contribution is 8.66. The van der Waals surface area contributed by atoms with Crippen molar-refractivity contribution in [2.45, 2.75) is 120 Å². The molecule has 1 saturated carbocycles. The molecule has 0 aromatic rings. The number of hydrogen-bond acceptors (Lipinski definition) is 1. The van der Waals surface area contributed by atoms with E-state index in [0.29, 0.717) is 20.7 Å². The van der Waals surface area contributed by atoms with Gasteiger partial charge in [-0.05, 0) is 69.7 Å². The predicted molar refractivity (Wildman–Crippen MR) is 124 cm³/mol. The first-order chi connectivity index (χ1) is 12.6. The first kappa shape index (κ1) is 18.7. The molecule has 5 aliphatic heterocycles. The third-order valence-corrected chi connectivity index (χ3v) is 24.5. The molecule has 2 aliphatic carbocycles. The highest BCUT2D eigenvalue weighted by Crippen LogP contribution is 3.25. The van der Waals surface area contributed by atoms with Crippen molar-refractivity contribution >= 4 is 26.4 Å². The maximum absolute atomic E-state index is 2.66. The molecule has 6 atom stereocenters. The van der Waals surface area contributed by atoms with Crippen molar-refractivity contribution in [1.29, 1.82) is 0 Å². The van der Waals surface area contributed by atoms with E-state index in [-0.39, 0.29) is 15.0 Å². The highest BCUT2D eigenvalue weighted by Gasteiger charge is 3.06. The Balaban J connectivity index is 1.71. The summed E-state index contributed by atoms with van der Waals surface area (Å²) in [5, 5.41) is 2.86. The van der Waals surface area contributed by atoms with Crippen molar-refractivity contribution in [3.8, 4) is 0 Å². The molecule has 150 valence electrons. The minimum Gasteiger partial charge on any atom is -0.119 e. The van der Waals surface area contributed by atoms with Gasteiger partial charge in [0.05, 0.1) is 4.49 Å². The van der Waals surface area contributed by atoms with Crippen LogP contribution in [0.1, 0.15) is 106 Å². The Morgan fingerprint density at radius 2 is 1.44 bits per heavy atom. The van der Waals surface area contributed by atoms with E-state index in [1.165, 1.54) is 51.4 Å². The molecule has 0 aromatic carbocycles. The van der Waals surface area contributed by atoms with E-state index < -0.39 is 0 Å². The van der Waals surface area contributed by atoms with Crippen molar-refractivity contribution in [3.63, 3.8) is 0 Å². The maximum atomic E-state index is 2.66. The minimum atomic E-state index is 0.0286. The van der Waals surface area contributed by atoms with Crippen LogP contribution >= 0.6 is 26.4 Å². The predicted octanol–water partition coefficient (Wildman–Crippen LogP) is 9.05. The van der Waals surface area contributed by atoms with Gasteiger partial charge in [-0.2, -0.15) is 0 Å². The highest BCUT2D eigenvalue weighted by atomic mass is 32.7. The zero-order valence-electron chi connectivity index (χ0n) is 18.4. The molecule has 6 bridgehead atoms. The molecule has 27 heavy (non-hydrogen) atoms. The Morgan fingerprint density at radius 3 is 2.15 bits per heavy atom. The lowest BCUT2D eigenvalue weighted by molar-refractivity contribution is 0.148. The lowest BCUT2D eigenvalue weighted by Gasteiger charge is -2.51. The average Bonchev–Trinajstić information content (AvgIpc) is 2.91. The molecule has 0 N–H and O–H groups in total. The van der Waals surface area contributed by atoms with E-state index in [2.05, 4.69) is 63.8 Å². The van der Waals surface area contributed by atoms with Gasteiger partial charge >= 0.3 is 0 Å². The molecule has 3 heteroatoms. The first-order valence-corrected chi connectivity index (χ1v) is 15.8. The van der Waals surface area contributed by atoms with Crippen molar-refractivity contribution < 1.29 is 0 Å². The molecule has 5 fully saturated rings. The molecule has 6 unspecified atom stereocenters. The second-order valence-corrected chi connectivity index (χ2v) is 20.0. The Hall–Kier alpha value is 0.950. The number of rotatable bonds is 0. The van der Waals surface area contributed by atoms with Crippen LogP contribution in [0.5, 0.6) is 0 Å². The maximum Gasteiger partial charge on any atom is 0.0596 e. The fraction of sp³-hybridized carbons (Fsp3) is 0.917. The van der Waals surface area contributed by atoms with Gasteiger partial charge in [-0.3, -0.25) is 0 Å². The van der Waals surface area contributed by atoms with Gasteiger partial charge in [-0.25, -0.2) is 0 Å². The zero-order valence-corrected chi connectivity index (χ0v) is 21.0. The molecule has 7 rings (SSSR count). The van der Waals surface area contributed by atoms with E-state index in [0.717, 1.165) is 10.1 Å². The molecule has 2 spiro atoms. The summed E-state index contributed by atoms with van der Waals surface area (Å²) in [5.74, 6) is 0. The number of allylic oxidation sites excluding steroid dienone is 2. The van der Waals surface area contributed by atoms with Crippen LogP contribution < -0.4 is 0 Å². The fourth-order valence-electron chi connectivity index (χ4n) is 9.16. The average molecular weight is 421 g/mol. The Bertz CT molecular complexity index is 757. The molecule has 4 saturated heterocycles. The lowest BCUT2D eigenvalue weighted by atomic mass is 9.56. The van der Waals surface area contributed by atoms with Gasteiger partial charge in [-0.1, -0.05) is 72.8 Å². The third kappa shape index (κ3) is 1.52. The smallest absolute Gasteiger partial charge is 0.0596 e. The van der Waals surface area contributed by atoms with Crippen molar-refractivity contribution in [3.05, 3.63) is 10.9 Å². The fourth-order valence-corrected chi connectivity index (χ4v) is 31.0. The normalized spacial score (nSPS) is 53.1. The monoisotopic (exact) mass is 420 g/mol. The molecule has 5 heterocycles. The molecule has 0 radical (unpaired) electrons. The van der Waals surface area contributed by atoms with E-state index in [1.807, 2.05) is 0 Å². The van der Waals surface area contributed by atoms with E-state index in [9.17, 15) is 0 Å². The minimum absolute atomic E-state index is 0.0286. The summed E-state index contributed by atoms with van der Waals surface area (Å²) in [4.78, 5) is 0.732. The van der Waals surface area contributed by atoms with Crippen molar-refractivity contribution in [1.82, 2.24) is 0 Å². The van der Waals surface area contributed by atoms with Crippen LogP contribution in [-0.4, -0.2) is 14.5 Å².